The maximum absolute atomic E-state index is 13.5. The van der Waals surface area contributed by atoms with Crippen molar-refractivity contribution in [2.75, 3.05) is 0 Å². The lowest BCUT2D eigenvalue weighted by molar-refractivity contribution is -0.137. The van der Waals surface area contributed by atoms with E-state index in [9.17, 15) is 4.79 Å². The summed E-state index contributed by atoms with van der Waals surface area (Å²) in [6, 6.07) is 0. The molecule has 1 heterocycles. The van der Waals surface area contributed by atoms with Crippen LogP contribution in [0.4, 0.5) is 0 Å². The second-order valence-electron chi connectivity index (χ2n) is 10.9. The molecule has 5 rings (SSSR count). The van der Waals surface area contributed by atoms with Crippen molar-refractivity contribution >= 4 is 11.9 Å². The Bertz CT molecular complexity index is 836. The average molecular weight is 381 g/mol. The van der Waals surface area contributed by atoms with Gasteiger partial charge in [-0.25, -0.2) is 0 Å². The van der Waals surface area contributed by atoms with Gasteiger partial charge in [-0.3, -0.25) is 9.48 Å². The molecule has 152 valence electrons. The van der Waals surface area contributed by atoms with Crippen LogP contribution in [0.15, 0.2) is 11.8 Å². The Morgan fingerprint density at radius 2 is 1.93 bits per heavy atom. The molecule has 3 heteroatoms. The van der Waals surface area contributed by atoms with Crippen LogP contribution in [0.1, 0.15) is 82.9 Å². The van der Waals surface area contributed by atoms with E-state index in [1.807, 2.05) is 18.7 Å². The molecule has 1 aromatic rings. The van der Waals surface area contributed by atoms with Gasteiger partial charge in [-0.15, -0.1) is 0 Å². The number of ketones is 1. The predicted octanol–water partition coefficient (Wildman–Crippen LogP) is 5.72. The Morgan fingerprint density at radius 3 is 2.68 bits per heavy atom. The van der Waals surface area contributed by atoms with Crippen LogP contribution in [0.2, 0.25) is 0 Å². The molecular formula is C25H36N2O. The summed E-state index contributed by atoms with van der Waals surface area (Å²) < 4.78 is 1.86. The number of aromatic nitrogens is 2. The lowest BCUT2D eigenvalue weighted by Crippen LogP contribution is -2.52. The van der Waals surface area contributed by atoms with E-state index in [4.69, 9.17) is 0 Å². The first-order chi connectivity index (χ1) is 13.3. The van der Waals surface area contributed by atoms with Gasteiger partial charge in [-0.05, 0) is 92.6 Å². The standard InChI is InChI=1S/C25H36N2O/c1-16-18(15-27(4)26-16)13-17-14-22-20-9-8-19-7-5-6-11-24(19,2)21(20)10-12-25(22,3)23(17)28/h13,15,19-22H,5-12,14H2,1-4H3/b17-13+/t19-,20+,21-,22-,24-,25-/m0/s1. The van der Waals surface area contributed by atoms with Gasteiger partial charge in [0.2, 0.25) is 0 Å². The SMILES string of the molecule is Cc1nn(C)cc1/C=C1\C[C@H]2[C@@H]3CC[C@@H]4CCCC[C@]4(C)[C@H]3CC[C@]2(C)C1=O. The molecule has 0 bridgehead atoms. The van der Waals surface area contributed by atoms with Gasteiger partial charge in [0.1, 0.15) is 0 Å². The summed E-state index contributed by atoms with van der Waals surface area (Å²) in [6.45, 7) is 6.95. The zero-order valence-corrected chi connectivity index (χ0v) is 18.1. The number of hydrogen-bond donors (Lipinski definition) is 0. The van der Waals surface area contributed by atoms with E-state index in [0.717, 1.165) is 47.4 Å². The van der Waals surface area contributed by atoms with Crippen LogP contribution in [0, 0.1) is 41.4 Å². The highest BCUT2D eigenvalue weighted by molar-refractivity contribution is 6.06. The van der Waals surface area contributed by atoms with E-state index in [-0.39, 0.29) is 5.41 Å². The van der Waals surface area contributed by atoms with Gasteiger partial charge in [0.25, 0.3) is 0 Å². The molecule has 6 atom stereocenters. The molecule has 0 N–H and O–H groups in total. The monoisotopic (exact) mass is 380 g/mol. The van der Waals surface area contributed by atoms with E-state index in [1.54, 1.807) is 0 Å². The molecule has 1 aromatic heterocycles. The molecule has 0 saturated heterocycles. The summed E-state index contributed by atoms with van der Waals surface area (Å²) in [5.74, 6) is 3.54. The topological polar surface area (TPSA) is 34.9 Å². The second kappa shape index (κ2) is 6.31. The number of carbonyl (C=O) groups excluding carboxylic acids is 1. The van der Waals surface area contributed by atoms with Crippen LogP contribution < -0.4 is 0 Å². The van der Waals surface area contributed by atoms with Gasteiger partial charge in [0, 0.05) is 24.2 Å². The lowest BCUT2D eigenvalue weighted by Gasteiger charge is -2.59. The number of fused-ring (bicyclic) bond motifs is 5. The van der Waals surface area contributed by atoms with Crippen molar-refractivity contribution in [3.63, 3.8) is 0 Å². The number of aryl methyl sites for hydroxylation is 2. The average Bonchev–Trinajstić information content (AvgIpc) is 3.11. The largest absolute Gasteiger partial charge is 0.294 e. The fourth-order valence-electron chi connectivity index (χ4n) is 8.04. The summed E-state index contributed by atoms with van der Waals surface area (Å²) in [5, 5.41) is 4.47. The molecule has 4 fully saturated rings. The van der Waals surface area contributed by atoms with Gasteiger partial charge in [-0.2, -0.15) is 5.10 Å². The van der Waals surface area contributed by atoms with E-state index in [2.05, 4.69) is 31.2 Å². The molecule has 4 aliphatic carbocycles. The Balaban J connectivity index is 1.47. The van der Waals surface area contributed by atoms with Crippen molar-refractivity contribution in [1.29, 1.82) is 0 Å². The van der Waals surface area contributed by atoms with Gasteiger partial charge in [0.05, 0.1) is 5.69 Å². The zero-order chi connectivity index (χ0) is 19.7. The number of Topliss-reactive ketones (excluding diaryl/α,β-unsaturated/α-hetero) is 1. The van der Waals surface area contributed by atoms with Crippen molar-refractivity contribution in [3.8, 4) is 0 Å². The molecule has 0 unspecified atom stereocenters. The number of allylic oxidation sites excluding steroid dienone is 1. The summed E-state index contributed by atoms with van der Waals surface area (Å²) in [7, 11) is 1.96. The Hall–Kier alpha value is -1.38. The molecule has 0 radical (unpaired) electrons. The smallest absolute Gasteiger partial charge is 0.165 e. The first kappa shape index (κ1) is 18.6. The highest BCUT2D eigenvalue weighted by Gasteiger charge is 2.60. The van der Waals surface area contributed by atoms with Crippen LogP contribution in [0.3, 0.4) is 0 Å². The first-order valence-electron chi connectivity index (χ1n) is 11.6. The van der Waals surface area contributed by atoms with Gasteiger partial charge in [-0.1, -0.05) is 26.7 Å². The number of carbonyl (C=O) groups is 1. The maximum Gasteiger partial charge on any atom is 0.165 e. The quantitative estimate of drug-likeness (QED) is 0.584. The highest BCUT2D eigenvalue weighted by Crippen LogP contribution is 2.66. The van der Waals surface area contributed by atoms with Crippen molar-refractivity contribution in [2.24, 2.45) is 41.5 Å². The van der Waals surface area contributed by atoms with E-state index in [1.165, 1.54) is 44.9 Å². The second-order valence-corrected chi connectivity index (χ2v) is 10.9. The Labute approximate surface area is 170 Å². The zero-order valence-electron chi connectivity index (χ0n) is 18.1. The molecule has 0 amide bonds. The van der Waals surface area contributed by atoms with Crippen LogP contribution in [0.25, 0.3) is 6.08 Å². The van der Waals surface area contributed by atoms with Gasteiger partial charge in [0.15, 0.2) is 5.78 Å². The predicted molar refractivity (Wildman–Crippen MR) is 113 cm³/mol. The van der Waals surface area contributed by atoms with Gasteiger partial charge >= 0.3 is 0 Å². The number of rotatable bonds is 1. The summed E-state index contributed by atoms with van der Waals surface area (Å²) >= 11 is 0. The molecule has 0 aromatic carbocycles. The van der Waals surface area contributed by atoms with E-state index >= 15 is 0 Å². The van der Waals surface area contributed by atoms with Crippen LogP contribution in [0.5, 0.6) is 0 Å². The normalized spacial score (nSPS) is 44.3. The summed E-state index contributed by atoms with van der Waals surface area (Å²) in [5.41, 5.74) is 3.63. The van der Waals surface area contributed by atoms with Gasteiger partial charge < -0.3 is 0 Å². The van der Waals surface area contributed by atoms with E-state index in [0.29, 0.717) is 17.1 Å². The molecule has 4 saturated carbocycles. The minimum Gasteiger partial charge on any atom is -0.294 e. The fourth-order valence-corrected chi connectivity index (χ4v) is 8.04. The third-order valence-electron chi connectivity index (χ3n) is 9.60. The minimum absolute atomic E-state index is 0.124. The third kappa shape index (κ3) is 2.53. The van der Waals surface area contributed by atoms with Crippen molar-refractivity contribution in [1.82, 2.24) is 9.78 Å². The molecule has 4 aliphatic rings. The molecular weight excluding hydrogens is 344 g/mol. The minimum atomic E-state index is -0.124. The summed E-state index contributed by atoms with van der Waals surface area (Å²) in [4.78, 5) is 13.5. The third-order valence-corrected chi connectivity index (χ3v) is 9.60. The summed E-state index contributed by atoms with van der Waals surface area (Å²) in [6.07, 6.45) is 16.1. The van der Waals surface area contributed by atoms with Crippen LogP contribution in [-0.2, 0) is 11.8 Å². The fraction of sp³-hybridized carbons (Fsp3) is 0.760. The van der Waals surface area contributed by atoms with Crippen LogP contribution in [-0.4, -0.2) is 15.6 Å². The number of hydrogen-bond acceptors (Lipinski definition) is 2. The van der Waals surface area contributed by atoms with Crippen molar-refractivity contribution in [2.45, 2.75) is 78.6 Å². The first-order valence-corrected chi connectivity index (χ1v) is 11.6. The molecule has 0 spiro atoms. The highest BCUT2D eigenvalue weighted by atomic mass is 16.1. The van der Waals surface area contributed by atoms with Crippen molar-refractivity contribution in [3.05, 3.63) is 23.0 Å². The van der Waals surface area contributed by atoms with Crippen LogP contribution >= 0.6 is 0 Å². The lowest BCUT2D eigenvalue weighted by atomic mass is 9.45. The molecule has 3 nitrogen and oxygen atoms in total. The molecule has 0 aliphatic heterocycles. The molecule has 28 heavy (non-hydrogen) atoms. The van der Waals surface area contributed by atoms with E-state index < -0.39 is 0 Å². The van der Waals surface area contributed by atoms with Crippen molar-refractivity contribution < 1.29 is 4.79 Å². The number of nitrogens with zero attached hydrogens (tertiary/aromatic N) is 2. The maximum atomic E-state index is 13.5. The Kier molecular flexibility index (Phi) is 4.20. The Morgan fingerprint density at radius 1 is 1.11 bits per heavy atom.